The Balaban J connectivity index is 1.35. The molecule has 0 radical (unpaired) electrons. The normalized spacial score (nSPS) is 17.4. The van der Waals surface area contributed by atoms with E-state index in [-0.39, 0.29) is 23.0 Å². The van der Waals surface area contributed by atoms with Crippen LogP contribution in [-0.2, 0) is 0 Å². The molecule has 0 atom stereocenters. The van der Waals surface area contributed by atoms with E-state index in [4.69, 9.17) is 13.1 Å². The molecule has 228 valence electrons. The first-order chi connectivity index (χ1) is 24.5. The minimum atomic E-state index is -0.224. The lowest BCUT2D eigenvalue weighted by atomic mass is 9.93. The number of nitriles is 2. The fourth-order valence-corrected chi connectivity index (χ4v) is 9.79. The Bertz CT molecular complexity index is 2820. The third-order valence-corrected chi connectivity index (χ3v) is 11.6. The van der Waals surface area contributed by atoms with Crippen LogP contribution >= 0.6 is 22.7 Å². The highest BCUT2D eigenvalue weighted by Gasteiger charge is 2.34. The van der Waals surface area contributed by atoms with Crippen molar-refractivity contribution in [3.63, 3.8) is 0 Å². The second kappa shape index (κ2) is 10.8. The Hall–Kier alpha value is -6.94. The van der Waals surface area contributed by atoms with Crippen molar-refractivity contribution in [1.29, 1.82) is 10.5 Å². The first-order valence-corrected chi connectivity index (χ1v) is 17.0. The van der Waals surface area contributed by atoms with Gasteiger partial charge in [-0.2, -0.15) is 0 Å². The average Bonchev–Trinajstić information content (AvgIpc) is 3.86. The van der Waals surface area contributed by atoms with Gasteiger partial charge in [-0.25, -0.2) is 20.2 Å². The standard InChI is InChI=1S/C42H16N4O2S2/c1-45-29(19-43)35-21-9-3-5-11-23(21)41(47)27(35)17-33-39-25-13-7-16-32-38(25)40(26-14-8-15-31(49-33)37(26)39)34(50-32)18-28-36(30(20-44)46-2)22-10-4-6-12-24(22)42(28)48/h3-18H/b27-17-,28-18-,35-29-,36-30+. The molecule has 0 unspecified atom stereocenters. The summed E-state index contributed by atoms with van der Waals surface area (Å²) in [6.45, 7) is 15.4. The topological polar surface area (TPSA) is 90.4 Å². The zero-order chi connectivity index (χ0) is 34.3. The Morgan fingerprint density at radius 1 is 0.560 bits per heavy atom. The number of fused-ring (bicyclic) bond motifs is 4. The molecule has 0 bridgehead atoms. The fraction of sp³-hybridized carbons (Fsp3) is 0. The van der Waals surface area contributed by atoms with Crippen molar-refractivity contribution in [2.45, 2.75) is 0 Å². The molecule has 2 aliphatic carbocycles. The summed E-state index contributed by atoms with van der Waals surface area (Å²) in [5.74, 6) is -0.448. The predicted octanol–water partition coefficient (Wildman–Crippen LogP) is 10.7. The first kappa shape index (κ1) is 29.2. The molecule has 0 spiro atoms. The van der Waals surface area contributed by atoms with E-state index in [1.54, 1.807) is 71.2 Å². The van der Waals surface area contributed by atoms with Gasteiger partial charge in [-0.3, -0.25) is 9.59 Å². The van der Waals surface area contributed by atoms with Gasteiger partial charge in [-0.05, 0) is 46.2 Å². The van der Waals surface area contributed by atoms with Crippen LogP contribution in [0, 0.1) is 35.8 Å². The first-order valence-electron chi connectivity index (χ1n) is 15.4. The van der Waals surface area contributed by atoms with E-state index >= 15 is 0 Å². The van der Waals surface area contributed by atoms with Crippen LogP contribution in [0.2, 0.25) is 0 Å². The van der Waals surface area contributed by atoms with E-state index in [9.17, 15) is 20.1 Å². The molecule has 7 aromatic rings. The SMILES string of the molecule is [C-]#[N+]/C(C#N)=C1\C(=C\c2sc3cccc4c5c(/C=C6\C(=O)c7ccccc7\C6=C(\C#N)[N+]#[C-])sc6cccc(c2c34)c65)C(=O)c2ccccc21. The number of carbonyl (C=O) groups excluding carboxylic acids is 2. The molecule has 5 aromatic carbocycles. The van der Waals surface area contributed by atoms with Gasteiger partial charge in [-0.15, -0.1) is 22.7 Å². The van der Waals surface area contributed by atoms with Crippen LogP contribution < -0.4 is 0 Å². The van der Waals surface area contributed by atoms with E-state index < -0.39 is 0 Å². The molecular formula is C42H16N4O2S2. The van der Waals surface area contributed by atoms with Crippen molar-refractivity contribution in [3.8, 4) is 12.1 Å². The summed E-state index contributed by atoms with van der Waals surface area (Å²) in [5.41, 5.74) is 3.21. The second-order valence-electron chi connectivity index (χ2n) is 11.8. The molecule has 0 saturated carbocycles. The smallest absolute Gasteiger partial charge is 0.270 e. The highest BCUT2D eigenvalue weighted by Crippen LogP contribution is 2.51. The Kier molecular flexibility index (Phi) is 6.31. The number of carbonyl (C=O) groups is 2. The van der Waals surface area contributed by atoms with Crippen molar-refractivity contribution < 1.29 is 9.59 Å². The summed E-state index contributed by atoms with van der Waals surface area (Å²) in [6.07, 6.45) is 3.67. The van der Waals surface area contributed by atoms with Crippen molar-refractivity contribution in [1.82, 2.24) is 0 Å². The number of hydrogen-bond acceptors (Lipinski definition) is 6. The lowest BCUT2D eigenvalue weighted by molar-refractivity contribution is 0.103. The van der Waals surface area contributed by atoms with E-state index in [0.29, 0.717) is 44.5 Å². The number of allylic oxidation sites excluding steroid dienone is 6. The van der Waals surface area contributed by atoms with Crippen LogP contribution in [-0.4, -0.2) is 11.6 Å². The quantitative estimate of drug-likeness (QED) is 0.0791. The van der Waals surface area contributed by atoms with E-state index in [2.05, 4.69) is 21.8 Å². The summed E-state index contributed by atoms with van der Waals surface area (Å²) < 4.78 is 2.00. The summed E-state index contributed by atoms with van der Waals surface area (Å²) in [5, 5.41) is 25.7. The number of thiophene rings is 2. The van der Waals surface area contributed by atoms with Gasteiger partial charge < -0.3 is 0 Å². The molecule has 50 heavy (non-hydrogen) atoms. The summed E-state index contributed by atoms with van der Waals surface area (Å²) in [4.78, 5) is 36.3. The van der Waals surface area contributed by atoms with E-state index in [0.717, 1.165) is 51.5 Å². The zero-order valence-electron chi connectivity index (χ0n) is 25.7. The minimum Gasteiger partial charge on any atom is -0.289 e. The number of benzene rings is 5. The van der Waals surface area contributed by atoms with Gasteiger partial charge in [0, 0.05) is 74.1 Å². The molecule has 0 N–H and O–H groups in total. The highest BCUT2D eigenvalue weighted by atomic mass is 32.1. The largest absolute Gasteiger partial charge is 0.289 e. The molecule has 6 nitrogen and oxygen atoms in total. The lowest BCUT2D eigenvalue weighted by Gasteiger charge is -2.08. The molecule has 9 rings (SSSR count). The zero-order valence-corrected chi connectivity index (χ0v) is 27.3. The van der Waals surface area contributed by atoms with Gasteiger partial charge in [-0.1, -0.05) is 72.8 Å². The maximum atomic E-state index is 13.8. The number of Topliss-reactive ketones (excluding diaryl/α,β-unsaturated/α-hetero) is 2. The predicted molar refractivity (Wildman–Crippen MR) is 199 cm³/mol. The molecule has 0 amide bonds. The van der Waals surface area contributed by atoms with Crippen LogP contribution in [0.1, 0.15) is 41.6 Å². The maximum Gasteiger partial charge on any atom is 0.270 e. The van der Waals surface area contributed by atoms with Crippen LogP contribution in [0.5, 0.6) is 0 Å². The second-order valence-corrected chi connectivity index (χ2v) is 14.0. The van der Waals surface area contributed by atoms with Gasteiger partial charge >= 0.3 is 0 Å². The van der Waals surface area contributed by atoms with Crippen LogP contribution in [0.4, 0.5) is 0 Å². The van der Waals surface area contributed by atoms with Crippen molar-refractivity contribution >= 4 is 99.3 Å². The average molecular weight is 673 g/mol. The van der Waals surface area contributed by atoms with Gasteiger partial charge in [0.2, 0.25) is 0 Å². The molecule has 0 fully saturated rings. The van der Waals surface area contributed by atoms with Crippen molar-refractivity contribution in [3.05, 3.63) is 162 Å². The number of nitrogens with zero attached hydrogens (tertiary/aromatic N) is 4. The molecule has 2 aromatic heterocycles. The van der Waals surface area contributed by atoms with Crippen LogP contribution in [0.15, 0.2) is 107 Å². The molecule has 8 heteroatoms. The molecular weight excluding hydrogens is 657 g/mol. The van der Waals surface area contributed by atoms with Gasteiger partial charge in [0.1, 0.15) is 0 Å². The third-order valence-electron chi connectivity index (χ3n) is 9.39. The van der Waals surface area contributed by atoms with Gasteiger partial charge in [0.25, 0.3) is 11.4 Å². The van der Waals surface area contributed by atoms with Crippen LogP contribution in [0.25, 0.3) is 74.7 Å². The van der Waals surface area contributed by atoms with Gasteiger partial charge in [0.15, 0.2) is 11.6 Å². The van der Waals surface area contributed by atoms with Gasteiger partial charge in [0.05, 0.1) is 25.3 Å². The molecule has 0 aliphatic heterocycles. The summed E-state index contributed by atoms with van der Waals surface area (Å²) in [7, 11) is 0. The molecule has 0 saturated heterocycles. The third kappa shape index (κ3) is 3.84. The van der Waals surface area contributed by atoms with E-state index in [1.165, 1.54) is 0 Å². The molecule has 2 aliphatic rings. The number of rotatable bonds is 2. The highest BCUT2D eigenvalue weighted by molar-refractivity contribution is 7.22. The maximum absolute atomic E-state index is 13.8. The summed E-state index contributed by atoms with van der Waals surface area (Å²) in [6, 6.07) is 30.4. The number of ketones is 2. The van der Waals surface area contributed by atoms with Crippen LogP contribution in [0.3, 0.4) is 0 Å². The molecule has 2 heterocycles. The monoisotopic (exact) mass is 672 g/mol. The van der Waals surface area contributed by atoms with E-state index in [1.807, 2.05) is 48.6 Å². The Morgan fingerprint density at radius 2 is 0.960 bits per heavy atom. The number of hydrogen-bond donors (Lipinski definition) is 0. The minimum absolute atomic E-state index is 0.125. The Morgan fingerprint density at radius 3 is 1.34 bits per heavy atom. The van der Waals surface area contributed by atoms with Crippen molar-refractivity contribution in [2.24, 2.45) is 0 Å². The Labute approximate surface area is 292 Å². The van der Waals surface area contributed by atoms with Crippen molar-refractivity contribution in [2.75, 3.05) is 0 Å². The summed E-state index contributed by atoms with van der Waals surface area (Å²) >= 11 is 3.09. The fourth-order valence-electron chi connectivity index (χ4n) is 7.42. The lowest BCUT2D eigenvalue weighted by Crippen LogP contribution is -1.95.